The maximum atomic E-state index is 12.2. The van der Waals surface area contributed by atoms with Gasteiger partial charge in [0.15, 0.2) is 0 Å². The number of urea groups is 1. The topological polar surface area (TPSA) is 50.4 Å². The first kappa shape index (κ1) is 15.8. The summed E-state index contributed by atoms with van der Waals surface area (Å²) in [4.78, 5) is 11.9. The lowest BCUT2D eigenvalue weighted by Crippen LogP contribution is -2.19. The van der Waals surface area contributed by atoms with E-state index in [0.29, 0.717) is 11.4 Å². The molecule has 4 nitrogen and oxygen atoms in total. The lowest BCUT2D eigenvalue weighted by Gasteiger charge is -2.10. The number of hydrogen-bond acceptors (Lipinski definition) is 2. The van der Waals surface area contributed by atoms with Crippen LogP contribution in [0.1, 0.15) is 11.1 Å². The third-order valence-electron chi connectivity index (χ3n) is 2.80. The van der Waals surface area contributed by atoms with Crippen molar-refractivity contribution in [3.8, 4) is 5.75 Å². The third-order valence-corrected chi connectivity index (χ3v) is 2.80. The number of alkyl halides is 2. The maximum absolute atomic E-state index is 12.2. The standard InChI is InChI=1S/C16H16F2N2O2/c1-10-6-11(2)8-13(7-10)20-16(21)19-12-4-3-5-14(9-12)22-15(17)18/h3-9,15H,1-2H3,(H2,19,20,21). The van der Waals surface area contributed by atoms with Gasteiger partial charge in [0.1, 0.15) is 5.75 Å². The Morgan fingerprint density at radius 3 is 2.27 bits per heavy atom. The molecule has 0 heterocycles. The van der Waals surface area contributed by atoms with Gasteiger partial charge in [-0.2, -0.15) is 8.78 Å². The van der Waals surface area contributed by atoms with E-state index < -0.39 is 12.6 Å². The normalized spacial score (nSPS) is 10.4. The lowest BCUT2D eigenvalue weighted by molar-refractivity contribution is -0.0497. The Bertz CT molecular complexity index is 655. The average Bonchev–Trinajstić information content (AvgIpc) is 2.36. The van der Waals surface area contributed by atoms with Crippen LogP contribution in [-0.4, -0.2) is 12.6 Å². The van der Waals surface area contributed by atoms with Crippen LogP contribution in [0, 0.1) is 13.8 Å². The van der Waals surface area contributed by atoms with E-state index in [0.717, 1.165) is 11.1 Å². The molecule has 0 aliphatic rings. The number of rotatable bonds is 4. The first-order valence-corrected chi connectivity index (χ1v) is 6.63. The minimum Gasteiger partial charge on any atom is -0.435 e. The summed E-state index contributed by atoms with van der Waals surface area (Å²) in [6.07, 6.45) is 0. The van der Waals surface area contributed by atoms with Gasteiger partial charge in [-0.25, -0.2) is 4.79 Å². The van der Waals surface area contributed by atoms with Crippen molar-refractivity contribution in [3.05, 3.63) is 53.6 Å². The van der Waals surface area contributed by atoms with Crippen molar-refractivity contribution in [2.45, 2.75) is 20.5 Å². The summed E-state index contributed by atoms with van der Waals surface area (Å²) in [5.74, 6) is -0.0146. The van der Waals surface area contributed by atoms with Gasteiger partial charge in [-0.05, 0) is 49.2 Å². The maximum Gasteiger partial charge on any atom is 0.387 e. The molecular formula is C16H16F2N2O2. The molecule has 22 heavy (non-hydrogen) atoms. The second-order valence-corrected chi connectivity index (χ2v) is 4.86. The highest BCUT2D eigenvalue weighted by Gasteiger charge is 2.07. The summed E-state index contributed by atoms with van der Waals surface area (Å²) in [5, 5.41) is 5.26. The first-order valence-electron chi connectivity index (χ1n) is 6.63. The number of anilines is 2. The highest BCUT2D eigenvalue weighted by Crippen LogP contribution is 2.20. The summed E-state index contributed by atoms with van der Waals surface area (Å²) in [5.41, 5.74) is 3.08. The molecule has 0 fully saturated rings. The molecular weight excluding hydrogens is 290 g/mol. The predicted molar refractivity (Wildman–Crippen MR) is 81.6 cm³/mol. The van der Waals surface area contributed by atoms with Gasteiger partial charge in [0.25, 0.3) is 0 Å². The third kappa shape index (κ3) is 4.73. The van der Waals surface area contributed by atoms with Crippen LogP contribution >= 0.6 is 0 Å². The van der Waals surface area contributed by atoms with Crippen LogP contribution in [0.2, 0.25) is 0 Å². The molecule has 116 valence electrons. The summed E-state index contributed by atoms with van der Waals surface area (Å²) in [6.45, 7) is 0.960. The average molecular weight is 306 g/mol. The molecule has 2 aromatic carbocycles. The molecule has 2 N–H and O–H groups in total. The second kappa shape index (κ2) is 6.89. The Balaban J connectivity index is 2.02. The Hall–Kier alpha value is -2.63. The Morgan fingerprint density at radius 2 is 1.64 bits per heavy atom. The van der Waals surface area contributed by atoms with Crippen molar-refractivity contribution in [1.82, 2.24) is 0 Å². The number of amides is 2. The quantitative estimate of drug-likeness (QED) is 0.870. The number of benzene rings is 2. The zero-order valence-electron chi connectivity index (χ0n) is 12.2. The van der Waals surface area contributed by atoms with Crippen LogP contribution in [0.4, 0.5) is 25.0 Å². The molecule has 0 aromatic heterocycles. The van der Waals surface area contributed by atoms with E-state index in [1.54, 1.807) is 6.07 Å². The summed E-state index contributed by atoms with van der Waals surface area (Å²) < 4.78 is 28.6. The van der Waals surface area contributed by atoms with Crippen molar-refractivity contribution >= 4 is 17.4 Å². The molecule has 0 radical (unpaired) electrons. The molecule has 0 saturated heterocycles. The molecule has 0 aliphatic heterocycles. The zero-order valence-corrected chi connectivity index (χ0v) is 12.2. The van der Waals surface area contributed by atoms with E-state index in [1.165, 1.54) is 18.2 Å². The number of halogens is 2. The smallest absolute Gasteiger partial charge is 0.387 e. The monoisotopic (exact) mass is 306 g/mol. The molecule has 2 rings (SSSR count). The Labute approximate surface area is 127 Å². The van der Waals surface area contributed by atoms with E-state index in [4.69, 9.17) is 0 Å². The van der Waals surface area contributed by atoms with Crippen LogP contribution in [-0.2, 0) is 0 Å². The number of hydrogen-bond donors (Lipinski definition) is 2. The molecule has 0 unspecified atom stereocenters. The number of aryl methyl sites for hydroxylation is 2. The highest BCUT2D eigenvalue weighted by molar-refractivity contribution is 5.99. The van der Waals surface area contributed by atoms with Crippen molar-refractivity contribution in [1.29, 1.82) is 0 Å². The minimum atomic E-state index is -2.90. The van der Waals surface area contributed by atoms with Crippen LogP contribution in [0.15, 0.2) is 42.5 Å². The van der Waals surface area contributed by atoms with Crippen molar-refractivity contribution in [2.75, 3.05) is 10.6 Å². The van der Waals surface area contributed by atoms with E-state index >= 15 is 0 Å². The summed E-state index contributed by atoms with van der Waals surface area (Å²) in [7, 11) is 0. The summed E-state index contributed by atoms with van der Waals surface area (Å²) in [6, 6.07) is 11.0. The van der Waals surface area contributed by atoms with E-state index in [1.807, 2.05) is 32.0 Å². The molecule has 0 spiro atoms. The molecule has 0 saturated carbocycles. The van der Waals surface area contributed by atoms with Crippen molar-refractivity contribution < 1.29 is 18.3 Å². The lowest BCUT2D eigenvalue weighted by atomic mass is 10.1. The zero-order chi connectivity index (χ0) is 16.1. The molecule has 0 aliphatic carbocycles. The molecule has 0 bridgehead atoms. The fourth-order valence-corrected chi connectivity index (χ4v) is 2.09. The first-order chi connectivity index (χ1) is 10.4. The van der Waals surface area contributed by atoms with E-state index in [9.17, 15) is 13.6 Å². The van der Waals surface area contributed by atoms with E-state index in [-0.39, 0.29) is 5.75 Å². The summed E-state index contributed by atoms with van der Waals surface area (Å²) >= 11 is 0. The van der Waals surface area contributed by atoms with Gasteiger partial charge in [0.2, 0.25) is 0 Å². The van der Waals surface area contributed by atoms with Gasteiger partial charge in [0.05, 0.1) is 0 Å². The van der Waals surface area contributed by atoms with Crippen LogP contribution in [0.5, 0.6) is 5.75 Å². The number of carbonyl (C=O) groups excluding carboxylic acids is 1. The van der Waals surface area contributed by atoms with Gasteiger partial charge in [-0.15, -0.1) is 0 Å². The molecule has 6 heteroatoms. The number of nitrogens with one attached hydrogen (secondary N) is 2. The number of ether oxygens (including phenoxy) is 1. The van der Waals surface area contributed by atoms with Crippen LogP contribution in [0.25, 0.3) is 0 Å². The molecule has 2 amide bonds. The minimum absolute atomic E-state index is 0.0146. The van der Waals surface area contributed by atoms with Gasteiger partial charge >= 0.3 is 12.6 Å². The van der Waals surface area contributed by atoms with Crippen molar-refractivity contribution in [2.24, 2.45) is 0 Å². The van der Waals surface area contributed by atoms with Crippen molar-refractivity contribution in [3.63, 3.8) is 0 Å². The van der Waals surface area contributed by atoms with Gasteiger partial charge in [-0.1, -0.05) is 12.1 Å². The van der Waals surface area contributed by atoms with Gasteiger partial charge < -0.3 is 15.4 Å². The van der Waals surface area contributed by atoms with Crippen LogP contribution in [0.3, 0.4) is 0 Å². The SMILES string of the molecule is Cc1cc(C)cc(NC(=O)Nc2cccc(OC(F)F)c2)c1. The van der Waals surface area contributed by atoms with Gasteiger partial charge in [0, 0.05) is 17.4 Å². The number of carbonyl (C=O) groups is 1. The molecule has 0 atom stereocenters. The second-order valence-electron chi connectivity index (χ2n) is 4.86. The Morgan fingerprint density at radius 1 is 1.00 bits per heavy atom. The van der Waals surface area contributed by atoms with E-state index in [2.05, 4.69) is 15.4 Å². The Kier molecular flexibility index (Phi) is 4.93. The fraction of sp³-hybridized carbons (Fsp3) is 0.188. The largest absolute Gasteiger partial charge is 0.435 e. The highest BCUT2D eigenvalue weighted by atomic mass is 19.3. The van der Waals surface area contributed by atoms with Crippen LogP contribution < -0.4 is 15.4 Å². The van der Waals surface area contributed by atoms with Gasteiger partial charge in [-0.3, -0.25) is 0 Å². The fourth-order valence-electron chi connectivity index (χ4n) is 2.09. The molecule has 2 aromatic rings. The predicted octanol–water partition coefficient (Wildman–Crippen LogP) is 4.55.